The van der Waals surface area contributed by atoms with Crippen LogP contribution in [0.3, 0.4) is 0 Å². The molecule has 1 aromatic carbocycles. The maximum Gasteiger partial charge on any atom is 0.191 e. The first-order valence-corrected chi connectivity index (χ1v) is 7.92. The zero-order chi connectivity index (χ0) is 14.7. The Bertz CT molecular complexity index is 719. The highest BCUT2D eigenvalue weighted by atomic mass is 32.2. The molecule has 3 rings (SSSR count). The van der Waals surface area contributed by atoms with Gasteiger partial charge in [0.25, 0.3) is 0 Å². The van der Waals surface area contributed by atoms with Gasteiger partial charge in [0.15, 0.2) is 11.0 Å². The van der Waals surface area contributed by atoms with Gasteiger partial charge in [-0.2, -0.15) is 0 Å². The van der Waals surface area contributed by atoms with Crippen molar-refractivity contribution in [1.82, 2.24) is 14.8 Å². The highest BCUT2D eigenvalue weighted by molar-refractivity contribution is 7.99. The summed E-state index contributed by atoms with van der Waals surface area (Å²) in [6, 6.07) is 12.2. The van der Waals surface area contributed by atoms with E-state index in [1.807, 2.05) is 18.2 Å². The number of aryl methyl sites for hydroxylation is 1. The number of thioether (sulfide) groups is 1. The number of benzene rings is 1. The minimum absolute atomic E-state index is 0.644. The first-order valence-electron chi connectivity index (χ1n) is 6.93. The van der Waals surface area contributed by atoms with Crippen LogP contribution in [0, 0.1) is 6.92 Å². The lowest BCUT2D eigenvalue weighted by molar-refractivity contribution is 0.485. The second-order valence-corrected chi connectivity index (χ2v) is 6.01. The van der Waals surface area contributed by atoms with Crippen LogP contribution in [0.1, 0.15) is 18.2 Å². The molecule has 0 spiro atoms. The van der Waals surface area contributed by atoms with E-state index >= 15 is 0 Å². The van der Waals surface area contributed by atoms with Crippen LogP contribution in [0.25, 0.3) is 11.4 Å². The Morgan fingerprint density at radius 3 is 2.81 bits per heavy atom. The molecule has 0 aliphatic heterocycles. The van der Waals surface area contributed by atoms with Crippen molar-refractivity contribution in [3.63, 3.8) is 0 Å². The summed E-state index contributed by atoms with van der Waals surface area (Å²) in [5.74, 6) is 2.75. The molecule has 5 heteroatoms. The van der Waals surface area contributed by atoms with Gasteiger partial charge >= 0.3 is 0 Å². The lowest BCUT2D eigenvalue weighted by atomic mass is 10.1. The van der Waals surface area contributed by atoms with Gasteiger partial charge in [-0.05, 0) is 30.9 Å². The van der Waals surface area contributed by atoms with Crippen molar-refractivity contribution in [2.75, 3.05) is 5.75 Å². The molecule has 108 valence electrons. The molecule has 3 aromatic rings. The van der Waals surface area contributed by atoms with Gasteiger partial charge in [0.2, 0.25) is 0 Å². The zero-order valence-corrected chi connectivity index (χ0v) is 12.9. The number of furan rings is 1. The molecule has 0 unspecified atom stereocenters. The van der Waals surface area contributed by atoms with Crippen LogP contribution < -0.4 is 0 Å². The van der Waals surface area contributed by atoms with E-state index in [0.717, 1.165) is 28.1 Å². The molecule has 0 fully saturated rings. The smallest absolute Gasteiger partial charge is 0.191 e. The van der Waals surface area contributed by atoms with Crippen LogP contribution in [-0.4, -0.2) is 20.5 Å². The van der Waals surface area contributed by atoms with Gasteiger partial charge in [-0.25, -0.2) is 0 Å². The molecule has 0 aliphatic carbocycles. The molecule has 0 amide bonds. The second-order valence-electron chi connectivity index (χ2n) is 4.77. The van der Waals surface area contributed by atoms with Gasteiger partial charge in [0.05, 0.1) is 12.8 Å². The molecule has 21 heavy (non-hydrogen) atoms. The van der Waals surface area contributed by atoms with Crippen LogP contribution >= 0.6 is 11.8 Å². The molecular weight excluding hydrogens is 282 g/mol. The largest absolute Gasteiger partial charge is 0.467 e. The number of aromatic nitrogens is 3. The third kappa shape index (κ3) is 3.03. The Labute approximate surface area is 128 Å². The van der Waals surface area contributed by atoms with Gasteiger partial charge in [-0.3, -0.25) is 4.57 Å². The van der Waals surface area contributed by atoms with Crippen LogP contribution in [-0.2, 0) is 6.54 Å². The molecule has 4 nitrogen and oxygen atoms in total. The highest BCUT2D eigenvalue weighted by Gasteiger charge is 2.15. The summed E-state index contributed by atoms with van der Waals surface area (Å²) in [4.78, 5) is 0. The number of nitrogens with zero attached hydrogens (tertiary/aromatic N) is 3. The molecule has 2 aromatic heterocycles. The van der Waals surface area contributed by atoms with Crippen molar-refractivity contribution in [2.24, 2.45) is 0 Å². The van der Waals surface area contributed by atoms with Crippen molar-refractivity contribution in [3.05, 3.63) is 54.0 Å². The fourth-order valence-corrected chi connectivity index (χ4v) is 2.89. The molecule has 0 N–H and O–H groups in total. The fraction of sp³-hybridized carbons (Fsp3) is 0.250. The van der Waals surface area contributed by atoms with Gasteiger partial charge in [-0.1, -0.05) is 42.4 Å². The summed E-state index contributed by atoms with van der Waals surface area (Å²) in [5.41, 5.74) is 2.29. The van der Waals surface area contributed by atoms with Crippen molar-refractivity contribution >= 4 is 11.8 Å². The first-order chi connectivity index (χ1) is 10.3. The minimum atomic E-state index is 0.644. The normalized spacial score (nSPS) is 11.0. The van der Waals surface area contributed by atoms with E-state index in [0.29, 0.717) is 6.54 Å². The van der Waals surface area contributed by atoms with Crippen molar-refractivity contribution in [2.45, 2.75) is 25.5 Å². The monoisotopic (exact) mass is 299 g/mol. The van der Waals surface area contributed by atoms with Crippen molar-refractivity contribution in [1.29, 1.82) is 0 Å². The number of hydrogen-bond acceptors (Lipinski definition) is 4. The Balaban J connectivity index is 2.03. The summed E-state index contributed by atoms with van der Waals surface area (Å²) in [5, 5.41) is 9.63. The van der Waals surface area contributed by atoms with Crippen LogP contribution in [0.15, 0.2) is 52.2 Å². The van der Waals surface area contributed by atoms with E-state index in [4.69, 9.17) is 4.42 Å². The topological polar surface area (TPSA) is 43.9 Å². The van der Waals surface area contributed by atoms with Crippen LogP contribution in [0.2, 0.25) is 0 Å². The second kappa shape index (κ2) is 6.18. The van der Waals surface area contributed by atoms with Gasteiger partial charge < -0.3 is 4.42 Å². The molecule has 0 bridgehead atoms. The summed E-state index contributed by atoms with van der Waals surface area (Å²) >= 11 is 1.69. The van der Waals surface area contributed by atoms with E-state index < -0.39 is 0 Å². The Morgan fingerprint density at radius 2 is 2.10 bits per heavy atom. The van der Waals surface area contributed by atoms with E-state index in [1.54, 1.807) is 18.0 Å². The lowest BCUT2D eigenvalue weighted by Gasteiger charge is -2.08. The van der Waals surface area contributed by atoms with Crippen LogP contribution in [0.4, 0.5) is 0 Å². The average Bonchev–Trinajstić information content (AvgIpc) is 3.11. The predicted octanol–water partition coefficient (Wildman–Crippen LogP) is 4.01. The molecule has 0 radical (unpaired) electrons. The SMILES string of the molecule is CCSc1nnc(-c2cccc(C)c2)n1Cc1ccco1. The summed E-state index contributed by atoms with van der Waals surface area (Å²) in [6.07, 6.45) is 1.69. The van der Waals surface area contributed by atoms with Gasteiger partial charge in [0.1, 0.15) is 5.76 Å². The highest BCUT2D eigenvalue weighted by Crippen LogP contribution is 2.25. The Morgan fingerprint density at radius 1 is 1.19 bits per heavy atom. The fourth-order valence-electron chi connectivity index (χ4n) is 2.22. The minimum Gasteiger partial charge on any atom is -0.467 e. The van der Waals surface area contributed by atoms with Crippen molar-refractivity contribution in [3.8, 4) is 11.4 Å². The van der Waals surface area contributed by atoms with E-state index in [-0.39, 0.29) is 0 Å². The number of hydrogen-bond donors (Lipinski definition) is 0. The summed E-state index contributed by atoms with van der Waals surface area (Å²) in [7, 11) is 0. The number of rotatable bonds is 5. The first kappa shape index (κ1) is 13.9. The Kier molecular flexibility index (Phi) is 4.10. The quantitative estimate of drug-likeness (QED) is 0.668. The van der Waals surface area contributed by atoms with E-state index in [1.165, 1.54) is 5.56 Å². The zero-order valence-electron chi connectivity index (χ0n) is 12.1. The van der Waals surface area contributed by atoms with E-state index in [9.17, 15) is 0 Å². The van der Waals surface area contributed by atoms with Crippen LogP contribution in [0.5, 0.6) is 0 Å². The molecule has 0 atom stereocenters. The third-order valence-electron chi connectivity index (χ3n) is 3.16. The maximum absolute atomic E-state index is 5.47. The standard InChI is InChI=1S/C16H17N3OS/c1-3-21-16-18-17-15(13-7-4-6-12(2)10-13)19(16)11-14-8-5-9-20-14/h4-10H,3,11H2,1-2H3. The summed E-state index contributed by atoms with van der Waals surface area (Å²) < 4.78 is 7.58. The Hall–Kier alpha value is -2.01. The maximum atomic E-state index is 5.47. The molecule has 0 saturated heterocycles. The lowest BCUT2D eigenvalue weighted by Crippen LogP contribution is -2.03. The molecule has 0 saturated carbocycles. The third-order valence-corrected chi connectivity index (χ3v) is 4.01. The molecular formula is C16H17N3OS. The molecule has 2 heterocycles. The predicted molar refractivity (Wildman–Crippen MR) is 84.4 cm³/mol. The molecule has 0 aliphatic rings. The van der Waals surface area contributed by atoms with Crippen molar-refractivity contribution < 1.29 is 4.42 Å². The van der Waals surface area contributed by atoms with Gasteiger partial charge in [-0.15, -0.1) is 10.2 Å². The average molecular weight is 299 g/mol. The summed E-state index contributed by atoms with van der Waals surface area (Å²) in [6.45, 7) is 4.84. The van der Waals surface area contributed by atoms with E-state index in [2.05, 4.69) is 46.8 Å². The van der Waals surface area contributed by atoms with Gasteiger partial charge in [0, 0.05) is 5.56 Å².